The normalized spacial score (nSPS) is 16.6. The van der Waals surface area contributed by atoms with Crippen molar-refractivity contribution in [3.63, 3.8) is 0 Å². The van der Waals surface area contributed by atoms with Gasteiger partial charge >= 0.3 is 0 Å². The van der Waals surface area contributed by atoms with Gasteiger partial charge in [0.05, 0.1) is 18.9 Å². The third-order valence-corrected chi connectivity index (χ3v) is 5.67. The van der Waals surface area contributed by atoms with Gasteiger partial charge in [-0.3, -0.25) is 4.99 Å². The third-order valence-electron chi connectivity index (χ3n) is 5.27. The zero-order chi connectivity index (χ0) is 18.8. The van der Waals surface area contributed by atoms with Crippen LogP contribution < -0.4 is 9.47 Å². The molecular weight excluding hydrogens is 358 g/mol. The van der Waals surface area contributed by atoms with E-state index in [0.29, 0.717) is 0 Å². The van der Waals surface area contributed by atoms with Crippen LogP contribution in [0.25, 0.3) is 6.08 Å². The number of fused-ring (bicyclic) bond motifs is 1. The van der Waals surface area contributed by atoms with Crippen LogP contribution in [-0.2, 0) is 6.42 Å². The average molecular weight is 382 g/mol. The second kappa shape index (κ2) is 7.77. The van der Waals surface area contributed by atoms with Crippen LogP contribution in [0.5, 0.6) is 11.5 Å². The predicted octanol–water partition coefficient (Wildman–Crippen LogP) is 6.32. The van der Waals surface area contributed by atoms with Gasteiger partial charge in [0.25, 0.3) is 0 Å². The van der Waals surface area contributed by atoms with Crippen molar-refractivity contribution in [1.82, 2.24) is 0 Å². The number of halogens is 1. The van der Waals surface area contributed by atoms with Crippen molar-refractivity contribution in [2.75, 3.05) is 7.11 Å². The van der Waals surface area contributed by atoms with Crippen LogP contribution in [0, 0.1) is 6.92 Å². The van der Waals surface area contributed by atoms with Gasteiger partial charge in [-0.2, -0.15) is 0 Å². The maximum atomic E-state index is 6.30. The van der Waals surface area contributed by atoms with Gasteiger partial charge in [-0.25, -0.2) is 0 Å². The van der Waals surface area contributed by atoms with Crippen LogP contribution in [-0.4, -0.2) is 18.9 Å². The average Bonchev–Trinajstić information content (AvgIpc) is 3.30. The smallest absolute Gasteiger partial charge is 0.168 e. The van der Waals surface area contributed by atoms with Crippen molar-refractivity contribution in [2.45, 2.75) is 45.1 Å². The summed E-state index contributed by atoms with van der Waals surface area (Å²) < 4.78 is 11.8. The molecule has 2 aromatic carbocycles. The first-order valence-corrected chi connectivity index (χ1v) is 9.90. The molecule has 4 heteroatoms. The van der Waals surface area contributed by atoms with Gasteiger partial charge in [0, 0.05) is 22.7 Å². The Morgan fingerprint density at radius 3 is 2.74 bits per heavy atom. The molecule has 0 spiro atoms. The Labute approximate surface area is 165 Å². The SMILES string of the molecule is COc1cccc(/C=C/C2=Nc3cc(Cl)c(C)cc3C2)c1OC1CCCC1. The number of nitrogens with zero attached hydrogens (tertiary/aromatic N) is 1. The molecule has 140 valence electrons. The van der Waals surface area contributed by atoms with Gasteiger partial charge in [0.1, 0.15) is 0 Å². The molecule has 3 nitrogen and oxygen atoms in total. The van der Waals surface area contributed by atoms with Crippen molar-refractivity contribution >= 4 is 29.1 Å². The standard InChI is InChI=1S/C23H24ClNO2/c1-15-12-17-13-18(25-21(17)14-20(15)24)11-10-16-6-5-9-22(26-2)23(16)27-19-7-3-4-8-19/h5-6,9-12,14,19H,3-4,7-8,13H2,1-2H3/b11-10+. The van der Waals surface area contributed by atoms with Gasteiger partial charge in [-0.15, -0.1) is 0 Å². The van der Waals surface area contributed by atoms with Crippen LogP contribution >= 0.6 is 11.6 Å². The van der Waals surface area contributed by atoms with E-state index in [-0.39, 0.29) is 6.10 Å². The van der Waals surface area contributed by atoms with Gasteiger partial charge in [0.2, 0.25) is 0 Å². The monoisotopic (exact) mass is 381 g/mol. The fourth-order valence-corrected chi connectivity index (χ4v) is 3.93. The molecule has 0 bridgehead atoms. The summed E-state index contributed by atoms with van der Waals surface area (Å²) in [6, 6.07) is 10.1. The van der Waals surface area contributed by atoms with E-state index < -0.39 is 0 Å². The first kappa shape index (κ1) is 18.1. The molecule has 2 aromatic rings. The largest absolute Gasteiger partial charge is 0.493 e. The first-order chi connectivity index (χ1) is 13.1. The van der Waals surface area contributed by atoms with Crippen LogP contribution in [0.1, 0.15) is 42.4 Å². The maximum absolute atomic E-state index is 6.30. The van der Waals surface area contributed by atoms with E-state index >= 15 is 0 Å². The highest BCUT2D eigenvalue weighted by molar-refractivity contribution is 6.31. The number of aliphatic imine (C=N–C) groups is 1. The Morgan fingerprint density at radius 2 is 1.96 bits per heavy atom. The van der Waals surface area contributed by atoms with Crippen LogP contribution in [0.3, 0.4) is 0 Å². The lowest BCUT2D eigenvalue weighted by molar-refractivity contribution is 0.200. The molecule has 1 aliphatic heterocycles. The summed E-state index contributed by atoms with van der Waals surface area (Å²) in [6.07, 6.45) is 9.96. The molecule has 0 saturated heterocycles. The van der Waals surface area contributed by atoms with Gasteiger partial charge < -0.3 is 9.47 Å². The lowest BCUT2D eigenvalue weighted by Crippen LogP contribution is -2.12. The zero-order valence-electron chi connectivity index (χ0n) is 15.8. The topological polar surface area (TPSA) is 30.8 Å². The highest BCUT2D eigenvalue weighted by Gasteiger charge is 2.20. The molecule has 0 atom stereocenters. The Kier molecular flexibility index (Phi) is 5.22. The number of allylic oxidation sites excluding steroid dienone is 1. The molecule has 0 N–H and O–H groups in total. The summed E-state index contributed by atoms with van der Waals surface area (Å²) in [5.41, 5.74) is 5.34. The first-order valence-electron chi connectivity index (χ1n) is 9.52. The van der Waals surface area contributed by atoms with Gasteiger partial charge in [-0.1, -0.05) is 29.8 Å². The van der Waals surface area contributed by atoms with E-state index in [9.17, 15) is 0 Å². The molecule has 1 aliphatic carbocycles. The van der Waals surface area contributed by atoms with Crippen molar-refractivity contribution in [3.8, 4) is 11.5 Å². The lowest BCUT2D eigenvalue weighted by Gasteiger charge is -2.18. The molecule has 1 heterocycles. The minimum atomic E-state index is 0.284. The Morgan fingerprint density at radius 1 is 1.15 bits per heavy atom. The van der Waals surface area contributed by atoms with E-state index in [1.807, 2.05) is 25.1 Å². The molecule has 1 fully saturated rings. The van der Waals surface area contributed by atoms with E-state index in [0.717, 1.165) is 58.3 Å². The van der Waals surface area contributed by atoms with Crippen LogP contribution in [0.4, 0.5) is 5.69 Å². The summed E-state index contributed by atoms with van der Waals surface area (Å²) in [5, 5.41) is 0.766. The number of ether oxygens (including phenoxy) is 2. The lowest BCUT2D eigenvalue weighted by atomic mass is 10.1. The minimum absolute atomic E-state index is 0.284. The van der Waals surface area contributed by atoms with Crippen molar-refractivity contribution in [3.05, 3.63) is 58.1 Å². The molecular formula is C23H24ClNO2. The van der Waals surface area contributed by atoms with E-state index in [1.165, 1.54) is 18.4 Å². The summed E-state index contributed by atoms with van der Waals surface area (Å²) in [5.74, 6) is 1.61. The molecule has 2 aliphatic rings. The number of para-hydroxylation sites is 1. The number of benzene rings is 2. The molecule has 0 unspecified atom stereocenters. The number of hydrogen-bond acceptors (Lipinski definition) is 3. The van der Waals surface area contributed by atoms with E-state index in [2.05, 4.69) is 24.3 Å². The quantitative estimate of drug-likeness (QED) is 0.606. The number of aryl methyl sites for hydroxylation is 1. The number of rotatable bonds is 5. The summed E-state index contributed by atoms with van der Waals surface area (Å²) in [4.78, 5) is 4.72. The fraction of sp³-hybridized carbons (Fsp3) is 0.348. The maximum Gasteiger partial charge on any atom is 0.168 e. The van der Waals surface area contributed by atoms with E-state index in [1.54, 1.807) is 7.11 Å². The number of methoxy groups -OCH3 is 1. The van der Waals surface area contributed by atoms with Gasteiger partial charge in [0.15, 0.2) is 11.5 Å². The Bertz CT molecular complexity index is 911. The molecule has 0 amide bonds. The Balaban J connectivity index is 1.58. The summed E-state index contributed by atoms with van der Waals surface area (Å²) >= 11 is 6.23. The second-order valence-corrected chi connectivity index (χ2v) is 7.65. The van der Waals surface area contributed by atoms with Crippen LogP contribution in [0.15, 0.2) is 41.4 Å². The molecule has 4 rings (SSSR count). The molecule has 0 radical (unpaired) electrons. The van der Waals surface area contributed by atoms with E-state index in [4.69, 9.17) is 26.1 Å². The molecule has 0 aromatic heterocycles. The fourth-order valence-electron chi connectivity index (χ4n) is 3.77. The van der Waals surface area contributed by atoms with Crippen molar-refractivity contribution in [1.29, 1.82) is 0 Å². The number of hydrogen-bond donors (Lipinski definition) is 0. The zero-order valence-corrected chi connectivity index (χ0v) is 16.6. The van der Waals surface area contributed by atoms with Gasteiger partial charge in [-0.05, 0) is 68.0 Å². The summed E-state index contributed by atoms with van der Waals surface area (Å²) in [7, 11) is 1.69. The highest BCUT2D eigenvalue weighted by Crippen LogP contribution is 2.36. The highest BCUT2D eigenvalue weighted by atomic mass is 35.5. The summed E-state index contributed by atoms with van der Waals surface area (Å²) in [6.45, 7) is 2.03. The third kappa shape index (κ3) is 3.89. The predicted molar refractivity (Wildman–Crippen MR) is 112 cm³/mol. The Hall–Kier alpha value is -2.26. The van der Waals surface area contributed by atoms with Crippen molar-refractivity contribution in [2.24, 2.45) is 4.99 Å². The second-order valence-electron chi connectivity index (χ2n) is 7.25. The molecule has 1 saturated carbocycles. The minimum Gasteiger partial charge on any atom is -0.493 e. The van der Waals surface area contributed by atoms with Crippen LogP contribution in [0.2, 0.25) is 5.02 Å². The van der Waals surface area contributed by atoms with Crippen molar-refractivity contribution < 1.29 is 9.47 Å². The molecule has 27 heavy (non-hydrogen) atoms.